The maximum absolute atomic E-state index is 13.4. The number of ether oxygens (including phenoxy) is 1. The summed E-state index contributed by atoms with van der Waals surface area (Å²) in [6, 6.07) is 15.4. The summed E-state index contributed by atoms with van der Waals surface area (Å²) in [6.45, 7) is 0.662. The number of aromatic amines is 1. The van der Waals surface area contributed by atoms with E-state index in [0.29, 0.717) is 24.6 Å². The zero-order valence-corrected chi connectivity index (χ0v) is 17.4. The number of hydrogen-bond donors (Lipinski definition) is 1. The minimum Gasteiger partial charge on any atom is -0.496 e. The molecule has 3 heterocycles. The molecule has 0 bridgehead atoms. The molecule has 0 radical (unpaired) electrons. The van der Waals surface area contributed by atoms with Crippen molar-refractivity contribution >= 4 is 16.8 Å². The summed E-state index contributed by atoms with van der Waals surface area (Å²) in [6.07, 6.45) is 5.15. The Morgan fingerprint density at radius 2 is 2.03 bits per heavy atom. The van der Waals surface area contributed by atoms with Gasteiger partial charge in [-0.2, -0.15) is 5.10 Å². The van der Waals surface area contributed by atoms with E-state index in [4.69, 9.17) is 9.15 Å². The minimum absolute atomic E-state index is 0.0911. The fraction of sp³-hybridized carbons (Fsp3) is 0.292. The number of hydrogen-bond acceptors (Lipinski definition) is 5. The molecule has 0 unspecified atom stereocenters. The van der Waals surface area contributed by atoms with Crippen LogP contribution in [0.1, 0.15) is 53.0 Å². The Kier molecular flexibility index (Phi) is 5.16. The molecule has 7 nitrogen and oxygen atoms in total. The second-order valence-corrected chi connectivity index (χ2v) is 7.78. The summed E-state index contributed by atoms with van der Waals surface area (Å²) in [4.78, 5) is 19.8. The van der Waals surface area contributed by atoms with E-state index < -0.39 is 0 Å². The van der Waals surface area contributed by atoms with Gasteiger partial charge in [0.15, 0.2) is 5.69 Å². The predicted octanol–water partition coefficient (Wildman–Crippen LogP) is 4.52. The Labute approximate surface area is 180 Å². The molecule has 1 N–H and O–H groups in total. The molecule has 31 heavy (non-hydrogen) atoms. The summed E-state index contributed by atoms with van der Waals surface area (Å²) >= 11 is 0. The molecule has 2 aromatic heterocycles. The highest BCUT2D eigenvalue weighted by molar-refractivity contribution is 6.04. The summed E-state index contributed by atoms with van der Waals surface area (Å²) in [5.41, 5.74) is 2.34. The second-order valence-electron chi connectivity index (χ2n) is 7.78. The van der Waals surface area contributed by atoms with Crippen LogP contribution in [0.5, 0.6) is 5.75 Å². The lowest BCUT2D eigenvalue weighted by Crippen LogP contribution is -2.39. The first kappa shape index (κ1) is 19.4. The number of carbonyl (C=O) groups is 1. The van der Waals surface area contributed by atoms with Crippen LogP contribution in [0, 0.1) is 0 Å². The third kappa shape index (κ3) is 3.67. The quantitative estimate of drug-likeness (QED) is 0.517. The van der Waals surface area contributed by atoms with Crippen LogP contribution < -0.4 is 4.74 Å². The molecule has 1 aliphatic heterocycles. The van der Waals surface area contributed by atoms with Crippen molar-refractivity contribution in [3.05, 3.63) is 77.6 Å². The normalized spacial score (nSPS) is 16.5. The molecular weight excluding hydrogens is 392 g/mol. The summed E-state index contributed by atoms with van der Waals surface area (Å²) in [5.74, 6) is 2.06. The van der Waals surface area contributed by atoms with Crippen molar-refractivity contribution in [3.63, 3.8) is 0 Å². The number of H-pyrrole nitrogens is 1. The molecule has 1 aliphatic rings. The van der Waals surface area contributed by atoms with Gasteiger partial charge in [0.25, 0.3) is 5.91 Å². The average molecular weight is 416 g/mol. The molecular formula is C24H24N4O3. The lowest BCUT2D eigenvalue weighted by atomic mass is 10.0. The zero-order chi connectivity index (χ0) is 21.2. The molecule has 7 heteroatoms. The number of rotatable bonds is 5. The Morgan fingerprint density at radius 3 is 2.94 bits per heavy atom. The molecule has 1 fully saturated rings. The fourth-order valence-corrected chi connectivity index (χ4v) is 4.29. The van der Waals surface area contributed by atoms with Crippen LogP contribution in [0.4, 0.5) is 0 Å². The molecule has 1 atom stereocenters. The van der Waals surface area contributed by atoms with E-state index in [1.54, 1.807) is 13.3 Å². The largest absolute Gasteiger partial charge is 0.496 e. The van der Waals surface area contributed by atoms with Crippen molar-refractivity contribution in [1.29, 1.82) is 0 Å². The highest BCUT2D eigenvalue weighted by Crippen LogP contribution is 2.33. The summed E-state index contributed by atoms with van der Waals surface area (Å²) < 4.78 is 11.6. The highest BCUT2D eigenvalue weighted by atomic mass is 16.5. The summed E-state index contributed by atoms with van der Waals surface area (Å²) in [5, 5.41) is 8.09. The number of amides is 1. The number of fused-ring (bicyclic) bond motifs is 1. The van der Waals surface area contributed by atoms with Gasteiger partial charge in [-0.15, -0.1) is 0 Å². The van der Waals surface area contributed by atoms with Crippen LogP contribution in [0.3, 0.4) is 0 Å². The average Bonchev–Trinajstić information content (AvgIpc) is 3.46. The Morgan fingerprint density at radius 1 is 1.19 bits per heavy atom. The Hall–Kier alpha value is -3.61. The van der Waals surface area contributed by atoms with E-state index in [1.807, 2.05) is 53.4 Å². The predicted molar refractivity (Wildman–Crippen MR) is 116 cm³/mol. The summed E-state index contributed by atoms with van der Waals surface area (Å²) in [7, 11) is 1.66. The molecule has 2 aromatic carbocycles. The van der Waals surface area contributed by atoms with Crippen molar-refractivity contribution in [2.24, 2.45) is 0 Å². The van der Waals surface area contributed by atoms with Crippen LogP contribution >= 0.6 is 0 Å². The number of piperidine rings is 1. The SMILES string of the molecule is COc1ccccc1Cc1cnc([C@@H]2CCCCN2C(=O)c2n[nH]c3ccccc23)o1. The topological polar surface area (TPSA) is 84.2 Å². The Balaban J connectivity index is 1.40. The smallest absolute Gasteiger partial charge is 0.275 e. The number of aromatic nitrogens is 3. The number of nitrogens with zero attached hydrogens (tertiary/aromatic N) is 3. The first-order chi connectivity index (χ1) is 15.2. The van der Waals surface area contributed by atoms with Crippen LogP contribution in [0.25, 0.3) is 10.9 Å². The highest BCUT2D eigenvalue weighted by Gasteiger charge is 2.33. The van der Waals surface area contributed by atoms with Gasteiger partial charge in [-0.3, -0.25) is 9.89 Å². The fourth-order valence-electron chi connectivity index (χ4n) is 4.29. The molecule has 0 saturated carbocycles. The van der Waals surface area contributed by atoms with Gasteiger partial charge >= 0.3 is 0 Å². The molecule has 158 valence electrons. The molecule has 0 spiro atoms. The molecule has 1 saturated heterocycles. The number of oxazole rings is 1. The first-order valence-corrected chi connectivity index (χ1v) is 10.5. The molecule has 1 amide bonds. The van der Waals surface area contributed by atoms with Crippen molar-refractivity contribution in [2.75, 3.05) is 13.7 Å². The monoisotopic (exact) mass is 416 g/mol. The van der Waals surface area contributed by atoms with Gasteiger partial charge in [0, 0.05) is 23.9 Å². The third-order valence-corrected chi connectivity index (χ3v) is 5.85. The van der Waals surface area contributed by atoms with Gasteiger partial charge in [0.05, 0.1) is 18.8 Å². The lowest BCUT2D eigenvalue weighted by Gasteiger charge is -2.33. The van der Waals surface area contributed by atoms with Crippen molar-refractivity contribution in [2.45, 2.75) is 31.7 Å². The van der Waals surface area contributed by atoms with Crippen molar-refractivity contribution in [3.8, 4) is 5.75 Å². The number of methoxy groups -OCH3 is 1. The number of carbonyl (C=O) groups excluding carboxylic acids is 1. The van der Waals surface area contributed by atoms with Crippen LogP contribution in [0.15, 0.2) is 59.1 Å². The lowest BCUT2D eigenvalue weighted by molar-refractivity contribution is 0.0566. The number of para-hydroxylation sites is 2. The molecule has 5 rings (SSSR count). The first-order valence-electron chi connectivity index (χ1n) is 10.5. The van der Waals surface area contributed by atoms with Gasteiger partial charge < -0.3 is 14.1 Å². The van der Waals surface area contributed by atoms with Crippen molar-refractivity contribution < 1.29 is 13.9 Å². The van der Waals surface area contributed by atoms with Gasteiger partial charge in [-0.25, -0.2) is 4.98 Å². The van der Waals surface area contributed by atoms with Crippen LogP contribution in [0.2, 0.25) is 0 Å². The van der Waals surface area contributed by atoms with E-state index in [1.165, 1.54) is 0 Å². The zero-order valence-electron chi connectivity index (χ0n) is 17.4. The third-order valence-electron chi connectivity index (χ3n) is 5.85. The van der Waals surface area contributed by atoms with Crippen molar-refractivity contribution in [1.82, 2.24) is 20.1 Å². The van der Waals surface area contributed by atoms with E-state index in [9.17, 15) is 4.79 Å². The minimum atomic E-state index is -0.192. The Bertz CT molecular complexity index is 1210. The van der Waals surface area contributed by atoms with E-state index in [0.717, 1.165) is 47.2 Å². The standard InChI is InChI=1S/C24H24N4O3/c1-30-21-12-5-2-8-16(21)14-17-15-25-23(31-17)20-11-6-7-13-28(20)24(29)22-18-9-3-4-10-19(18)26-27-22/h2-5,8-10,12,15,20H,6-7,11,13-14H2,1H3,(H,26,27)/t20-/m0/s1. The maximum atomic E-state index is 13.4. The van der Waals surface area contributed by atoms with Gasteiger partial charge in [-0.05, 0) is 31.4 Å². The second kappa shape index (κ2) is 8.26. The van der Waals surface area contributed by atoms with Gasteiger partial charge in [0.1, 0.15) is 17.6 Å². The van der Waals surface area contributed by atoms with Gasteiger partial charge in [0.2, 0.25) is 5.89 Å². The van der Waals surface area contributed by atoms with E-state index in [2.05, 4.69) is 15.2 Å². The van der Waals surface area contributed by atoms with Crippen LogP contribution in [-0.4, -0.2) is 39.6 Å². The van der Waals surface area contributed by atoms with Crippen LogP contribution in [-0.2, 0) is 6.42 Å². The van der Waals surface area contributed by atoms with E-state index >= 15 is 0 Å². The maximum Gasteiger partial charge on any atom is 0.275 e. The molecule has 4 aromatic rings. The van der Waals surface area contributed by atoms with Gasteiger partial charge in [-0.1, -0.05) is 36.4 Å². The van der Waals surface area contributed by atoms with E-state index in [-0.39, 0.29) is 11.9 Å². The number of benzene rings is 2. The number of likely N-dealkylation sites (tertiary alicyclic amines) is 1. The number of nitrogens with one attached hydrogen (secondary N) is 1. The molecule has 0 aliphatic carbocycles.